The number of para-hydroxylation sites is 1. The van der Waals surface area contributed by atoms with E-state index in [0.717, 1.165) is 5.56 Å². The fourth-order valence-corrected chi connectivity index (χ4v) is 3.86. The summed E-state index contributed by atoms with van der Waals surface area (Å²) in [5, 5.41) is 6.95. The van der Waals surface area contributed by atoms with E-state index in [2.05, 4.69) is 14.9 Å². The van der Waals surface area contributed by atoms with E-state index in [0.29, 0.717) is 27.9 Å². The number of carbonyl (C=O) groups excluding carboxylic acids is 1. The molecule has 0 saturated carbocycles. The summed E-state index contributed by atoms with van der Waals surface area (Å²) in [5.41, 5.74) is 3.28. The number of alkyl halides is 4. The first-order chi connectivity index (χ1) is 16.4. The normalized spacial score (nSPS) is 13.1. The summed E-state index contributed by atoms with van der Waals surface area (Å²) >= 11 is 0. The van der Waals surface area contributed by atoms with Crippen LogP contribution in [0.5, 0.6) is 5.75 Å². The van der Waals surface area contributed by atoms with Crippen molar-refractivity contribution >= 4 is 11.6 Å². The van der Waals surface area contributed by atoms with Crippen LogP contribution in [-0.2, 0) is 6.54 Å². The number of hydrogen-bond acceptors (Lipinski definition) is 5. The minimum Gasteiger partial charge on any atom is -0.435 e. The minimum atomic E-state index is -2.95. The van der Waals surface area contributed by atoms with Crippen LogP contribution in [0, 0.1) is 0 Å². The molecule has 0 bridgehead atoms. The number of hydrogen-bond donors (Lipinski definition) is 0. The van der Waals surface area contributed by atoms with Gasteiger partial charge < -0.3 is 14.1 Å². The number of anilines is 1. The second kappa shape index (κ2) is 8.62. The molecule has 0 saturated heterocycles. The summed E-state index contributed by atoms with van der Waals surface area (Å²) in [4.78, 5) is 14.9. The van der Waals surface area contributed by atoms with Gasteiger partial charge >= 0.3 is 13.0 Å². The molecule has 0 aliphatic carbocycles. The zero-order valence-electron chi connectivity index (χ0n) is 17.3. The highest BCUT2D eigenvalue weighted by atomic mass is 19.3. The van der Waals surface area contributed by atoms with Crippen molar-refractivity contribution in [3.05, 3.63) is 83.7 Å². The molecule has 0 fully saturated rings. The maximum atomic E-state index is 13.3. The van der Waals surface area contributed by atoms with Gasteiger partial charge in [0.1, 0.15) is 5.75 Å². The topological polar surface area (TPSA) is 68.5 Å². The Morgan fingerprint density at radius 2 is 1.71 bits per heavy atom. The average molecular weight is 469 g/mol. The smallest absolute Gasteiger partial charge is 0.387 e. The lowest BCUT2D eigenvalue weighted by atomic mass is 10.0. The molecule has 172 valence electrons. The minimum absolute atomic E-state index is 0.00528. The third kappa shape index (κ3) is 3.98. The third-order valence-corrected chi connectivity index (χ3v) is 5.35. The van der Waals surface area contributed by atoms with E-state index in [1.807, 2.05) is 0 Å². The van der Waals surface area contributed by atoms with Crippen molar-refractivity contribution in [2.75, 3.05) is 4.90 Å². The maximum absolute atomic E-state index is 13.3. The quantitative estimate of drug-likeness (QED) is 0.319. The van der Waals surface area contributed by atoms with Crippen molar-refractivity contribution in [3.8, 4) is 28.3 Å². The number of rotatable bonds is 6. The Labute approximate surface area is 190 Å². The monoisotopic (exact) mass is 469 g/mol. The number of benzene rings is 3. The fraction of sp³-hybridized carbons (Fsp3) is 0.125. The molecule has 6 nitrogen and oxygen atoms in total. The highest BCUT2D eigenvalue weighted by Crippen LogP contribution is 2.38. The predicted octanol–water partition coefficient (Wildman–Crippen LogP) is 6.10. The molecule has 1 aromatic heterocycles. The number of amides is 1. The zero-order valence-corrected chi connectivity index (χ0v) is 17.3. The van der Waals surface area contributed by atoms with Gasteiger partial charge in [0.05, 0.1) is 12.2 Å². The highest BCUT2D eigenvalue weighted by Gasteiger charge is 2.31. The first-order valence-corrected chi connectivity index (χ1v) is 10.1. The van der Waals surface area contributed by atoms with Crippen LogP contribution in [0.25, 0.3) is 22.6 Å². The number of halogens is 4. The van der Waals surface area contributed by atoms with Gasteiger partial charge in [-0.15, -0.1) is 10.2 Å². The van der Waals surface area contributed by atoms with Crippen molar-refractivity contribution in [2.45, 2.75) is 19.6 Å². The van der Waals surface area contributed by atoms with Crippen LogP contribution >= 0.6 is 0 Å². The van der Waals surface area contributed by atoms with Crippen molar-refractivity contribution < 1.29 is 31.5 Å². The lowest BCUT2D eigenvalue weighted by Gasteiger charge is -2.20. The molecule has 0 unspecified atom stereocenters. The second-order valence-corrected chi connectivity index (χ2v) is 7.43. The molecule has 3 aromatic carbocycles. The molecule has 1 aliphatic heterocycles. The molecule has 5 rings (SSSR count). The number of nitrogens with zero attached hydrogens (tertiary/aromatic N) is 3. The Hall–Kier alpha value is -4.21. The van der Waals surface area contributed by atoms with Gasteiger partial charge in [-0.05, 0) is 41.5 Å². The number of fused-ring (bicyclic) bond motifs is 1. The fourth-order valence-electron chi connectivity index (χ4n) is 3.86. The highest BCUT2D eigenvalue weighted by molar-refractivity contribution is 6.12. The SMILES string of the molecule is O=C1c2cc(-c3nnc(C(F)F)o3)ccc2CN1c1ccccc1-c1cccc(OC(F)F)c1. The van der Waals surface area contributed by atoms with Crippen LogP contribution < -0.4 is 9.64 Å². The van der Waals surface area contributed by atoms with Crippen LogP contribution in [0.2, 0.25) is 0 Å². The van der Waals surface area contributed by atoms with E-state index in [9.17, 15) is 22.4 Å². The van der Waals surface area contributed by atoms with Crippen LogP contribution in [0.15, 0.2) is 71.1 Å². The van der Waals surface area contributed by atoms with E-state index in [-0.39, 0.29) is 24.1 Å². The molecule has 10 heteroatoms. The van der Waals surface area contributed by atoms with Crippen molar-refractivity contribution in [2.24, 2.45) is 0 Å². The van der Waals surface area contributed by atoms with E-state index >= 15 is 0 Å². The van der Waals surface area contributed by atoms with Crippen LogP contribution in [0.4, 0.5) is 23.2 Å². The Morgan fingerprint density at radius 1 is 0.882 bits per heavy atom. The molecule has 34 heavy (non-hydrogen) atoms. The van der Waals surface area contributed by atoms with E-state index in [1.54, 1.807) is 53.4 Å². The Morgan fingerprint density at radius 3 is 2.47 bits per heavy atom. The zero-order chi connectivity index (χ0) is 23.8. The first kappa shape index (κ1) is 21.6. The van der Waals surface area contributed by atoms with E-state index in [4.69, 9.17) is 4.42 Å². The van der Waals surface area contributed by atoms with Gasteiger partial charge in [-0.3, -0.25) is 4.79 Å². The molecular weight excluding hydrogens is 454 g/mol. The molecular formula is C24H15F4N3O3. The van der Waals surface area contributed by atoms with Crippen LogP contribution in [0.1, 0.15) is 28.2 Å². The van der Waals surface area contributed by atoms with Crippen molar-refractivity contribution in [1.29, 1.82) is 0 Å². The van der Waals surface area contributed by atoms with Gasteiger partial charge in [0.25, 0.3) is 11.8 Å². The lowest BCUT2D eigenvalue weighted by Crippen LogP contribution is -2.23. The van der Waals surface area contributed by atoms with Gasteiger partial charge in [-0.25, -0.2) is 0 Å². The number of ether oxygens (including phenoxy) is 1. The van der Waals surface area contributed by atoms with Gasteiger partial charge in [0.15, 0.2) is 0 Å². The summed E-state index contributed by atoms with van der Waals surface area (Å²) in [5.74, 6) is -1.21. The summed E-state index contributed by atoms with van der Waals surface area (Å²) in [6.45, 7) is -2.69. The first-order valence-electron chi connectivity index (χ1n) is 10.1. The van der Waals surface area contributed by atoms with Crippen molar-refractivity contribution in [1.82, 2.24) is 10.2 Å². The number of aromatic nitrogens is 2. The molecule has 0 atom stereocenters. The molecule has 0 radical (unpaired) electrons. The Balaban J connectivity index is 1.48. The Kier molecular flexibility index (Phi) is 5.48. The molecule has 0 spiro atoms. The maximum Gasteiger partial charge on any atom is 0.387 e. The summed E-state index contributed by atoms with van der Waals surface area (Å²) < 4.78 is 60.4. The average Bonchev–Trinajstić information content (AvgIpc) is 3.44. The standard InChI is InChI=1S/C24H15F4N3O3/c25-20(26)22-30-29-21(34-22)14-8-9-15-12-31(23(32)18(15)11-14)19-7-2-1-6-17(19)13-4-3-5-16(10-13)33-24(27)28/h1-11,20,24H,12H2. The van der Waals surface area contributed by atoms with E-state index in [1.165, 1.54) is 18.2 Å². The molecule has 4 aromatic rings. The lowest BCUT2D eigenvalue weighted by molar-refractivity contribution is -0.0498. The van der Waals surface area contributed by atoms with Crippen LogP contribution in [-0.4, -0.2) is 22.7 Å². The molecule has 1 amide bonds. The summed E-state index contributed by atoms with van der Waals surface area (Å²) in [6.07, 6.45) is -2.89. The second-order valence-electron chi connectivity index (χ2n) is 7.43. The Bertz CT molecular complexity index is 1370. The molecule has 0 N–H and O–H groups in total. The van der Waals surface area contributed by atoms with Gasteiger partial charge in [-0.2, -0.15) is 17.6 Å². The third-order valence-electron chi connectivity index (χ3n) is 5.35. The predicted molar refractivity (Wildman–Crippen MR) is 114 cm³/mol. The largest absolute Gasteiger partial charge is 0.435 e. The van der Waals surface area contributed by atoms with Gasteiger partial charge in [0.2, 0.25) is 5.89 Å². The van der Waals surface area contributed by atoms with Crippen LogP contribution in [0.3, 0.4) is 0 Å². The van der Waals surface area contributed by atoms with Gasteiger partial charge in [-0.1, -0.05) is 36.4 Å². The molecule has 1 aliphatic rings. The van der Waals surface area contributed by atoms with E-state index < -0.39 is 18.9 Å². The summed E-state index contributed by atoms with van der Waals surface area (Å²) in [6, 6.07) is 18.2. The van der Waals surface area contributed by atoms with Crippen molar-refractivity contribution in [3.63, 3.8) is 0 Å². The van der Waals surface area contributed by atoms with Gasteiger partial charge in [0, 0.05) is 16.7 Å². The molecule has 2 heterocycles. The summed E-state index contributed by atoms with van der Waals surface area (Å²) in [7, 11) is 0. The number of carbonyl (C=O) groups is 1.